The third kappa shape index (κ3) is 4.70. The fraction of sp³-hybridized carbons (Fsp3) is 0.650. The zero-order chi connectivity index (χ0) is 19.6. The topological polar surface area (TPSA) is 66.0 Å². The summed E-state index contributed by atoms with van der Waals surface area (Å²) >= 11 is 0. The van der Waals surface area contributed by atoms with Crippen molar-refractivity contribution < 1.29 is 14.3 Å². The summed E-state index contributed by atoms with van der Waals surface area (Å²) < 4.78 is 5.44. The largest absolute Gasteiger partial charge is 0.444 e. The van der Waals surface area contributed by atoms with Crippen LogP contribution >= 0.6 is 0 Å². The zero-order valence-corrected chi connectivity index (χ0v) is 16.8. The number of rotatable bonds is 2. The van der Waals surface area contributed by atoms with E-state index < -0.39 is 5.60 Å². The second-order valence-corrected chi connectivity index (χ2v) is 8.27. The first-order valence-corrected chi connectivity index (χ1v) is 9.70. The summed E-state index contributed by atoms with van der Waals surface area (Å²) in [5.41, 5.74) is 0.624. The van der Waals surface area contributed by atoms with Gasteiger partial charge in [-0.2, -0.15) is 0 Å². The van der Waals surface area contributed by atoms with Crippen LogP contribution in [0.4, 0.5) is 10.6 Å². The maximum absolute atomic E-state index is 12.2. The van der Waals surface area contributed by atoms with Gasteiger partial charge in [0.1, 0.15) is 11.4 Å². The van der Waals surface area contributed by atoms with Gasteiger partial charge in [-0.05, 0) is 45.2 Å². The van der Waals surface area contributed by atoms with Crippen molar-refractivity contribution in [3.05, 3.63) is 23.9 Å². The van der Waals surface area contributed by atoms with Crippen molar-refractivity contribution in [2.45, 2.75) is 52.2 Å². The van der Waals surface area contributed by atoms with Crippen LogP contribution in [0.3, 0.4) is 0 Å². The average Bonchev–Trinajstić information content (AvgIpc) is 3.11. The highest BCUT2D eigenvalue weighted by Gasteiger charge is 2.29. The third-order valence-corrected chi connectivity index (χ3v) is 5.07. The lowest BCUT2D eigenvalue weighted by molar-refractivity contribution is -0.129. The Bertz CT molecular complexity index is 675. The van der Waals surface area contributed by atoms with E-state index in [0.717, 1.165) is 43.9 Å². The molecule has 0 N–H and O–H groups in total. The lowest BCUT2D eigenvalue weighted by Gasteiger charge is -2.36. The molecule has 148 valence electrons. The van der Waals surface area contributed by atoms with E-state index in [1.807, 2.05) is 37.9 Å². The molecule has 0 radical (unpaired) electrons. The van der Waals surface area contributed by atoms with Gasteiger partial charge in [0.2, 0.25) is 5.91 Å². The first-order chi connectivity index (χ1) is 12.7. The van der Waals surface area contributed by atoms with E-state index in [1.54, 1.807) is 11.8 Å². The number of hydrogen-bond donors (Lipinski definition) is 0. The Morgan fingerprint density at radius 2 is 1.81 bits per heavy atom. The number of carbonyl (C=O) groups is 2. The Hall–Kier alpha value is -2.31. The monoisotopic (exact) mass is 374 g/mol. The van der Waals surface area contributed by atoms with E-state index in [0.29, 0.717) is 13.1 Å². The first-order valence-electron chi connectivity index (χ1n) is 9.70. The minimum absolute atomic E-state index is 0.125. The molecule has 2 amide bonds. The summed E-state index contributed by atoms with van der Waals surface area (Å²) in [6.45, 7) is 10.8. The molecule has 2 fully saturated rings. The minimum Gasteiger partial charge on any atom is -0.444 e. The number of pyridine rings is 1. The van der Waals surface area contributed by atoms with E-state index in [-0.39, 0.29) is 18.0 Å². The van der Waals surface area contributed by atoms with Crippen molar-refractivity contribution in [3.8, 4) is 0 Å². The molecule has 7 heteroatoms. The van der Waals surface area contributed by atoms with Crippen molar-refractivity contribution in [1.29, 1.82) is 0 Å². The molecule has 2 aliphatic heterocycles. The van der Waals surface area contributed by atoms with Crippen LogP contribution in [0.2, 0.25) is 0 Å². The van der Waals surface area contributed by atoms with Gasteiger partial charge >= 0.3 is 6.09 Å². The normalized spacial score (nSPS) is 20.7. The number of likely N-dealkylation sites (tertiary alicyclic amines) is 1. The smallest absolute Gasteiger partial charge is 0.410 e. The van der Waals surface area contributed by atoms with Crippen molar-refractivity contribution in [2.75, 3.05) is 37.6 Å². The molecule has 7 nitrogen and oxygen atoms in total. The fourth-order valence-electron chi connectivity index (χ4n) is 3.72. The van der Waals surface area contributed by atoms with Crippen LogP contribution in [0, 0.1) is 0 Å². The Kier molecular flexibility index (Phi) is 5.58. The summed E-state index contributed by atoms with van der Waals surface area (Å²) in [6.07, 6.45) is 3.67. The quantitative estimate of drug-likeness (QED) is 0.796. The lowest BCUT2D eigenvalue weighted by atomic mass is 10.1. The summed E-state index contributed by atoms with van der Waals surface area (Å²) in [6, 6.07) is 4.25. The van der Waals surface area contributed by atoms with E-state index in [2.05, 4.69) is 16.0 Å². The summed E-state index contributed by atoms with van der Waals surface area (Å²) in [5, 5.41) is 0. The molecular weight excluding hydrogens is 344 g/mol. The number of aromatic nitrogens is 1. The predicted octanol–water partition coefficient (Wildman–Crippen LogP) is 2.82. The van der Waals surface area contributed by atoms with Crippen LogP contribution in [0.15, 0.2) is 18.3 Å². The van der Waals surface area contributed by atoms with Gasteiger partial charge in [-0.3, -0.25) is 4.79 Å². The highest BCUT2D eigenvalue weighted by Crippen LogP contribution is 2.32. The molecule has 2 aliphatic rings. The number of anilines is 1. The van der Waals surface area contributed by atoms with Gasteiger partial charge in [0, 0.05) is 45.8 Å². The molecule has 0 aliphatic carbocycles. The number of carbonyl (C=O) groups excluding carboxylic acids is 2. The zero-order valence-electron chi connectivity index (χ0n) is 16.8. The van der Waals surface area contributed by atoms with Crippen molar-refractivity contribution in [3.63, 3.8) is 0 Å². The van der Waals surface area contributed by atoms with Gasteiger partial charge in [0.05, 0.1) is 6.04 Å². The van der Waals surface area contributed by atoms with Gasteiger partial charge in [0.25, 0.3) is 0 Å². The number of hydrogen-bond acceptors (Lipinski definition) is 5. The molecule has 27 heavy (non-hydrogen) atoms. The summed E-state index contributed by atoms with van der Waals surface area (Å²) in [5.74, 6) is 1.04. The van der Waals surface area contributed by atoms with E-state index >= 15 is 0 Å². The maximum atomic E-state index is 12.2. The maximum Gasteiger partial charge on any atom is 0.410 e. The van der Waals surface area contributed by atoms with E-state index in [4.69, 9.17) is 4.74 Å². The molecule has 1 atom stereocenters. The molecule has 3 heterocycles. The molecule has 0 aromatic carbocycles. The molecule has 0 bridgehead atoms. The molecule has 1 aromatic rings. The van der Waals surface area contributed by atoms with E-state index in [1.165, 1.54) is 0 Å². The number of piperazine rings is 1. The van der Waals surface area contributed by atoms with Crippen LogP contribution < -0.4 is 4.90 Å². The molecule has 0 spiro atoms. The molecule has 2 saturated heterocycles. The molecule has 0 saturated carbocycles. The Labute approximate surface area is 161 Å². The Balaban J connectivity index is 1.58. The predicted molar refractivity (Wildman–Crippen MR) is 104 cm³/mol. The van der Waals surface area contributed by atoms with Crippen LogP contribution in [-0.2, 0) is 9.53 Å². The van der Waals surface area contributed by atoms with Crippen molar-refractivity contribution in [1.82, 2.24) is 14.8 Å². The molecule has 3 rings (SSSR count). The van der Waals surface area contributed by atoms with E-state index in [9.17, 15) is 9.59 Å². The Morgan fingerprint density at radius 1 is 1.11 bits per heavy atom. The van der Waals surface area contributed by atoms with Gasteiger partial charge in [-0.1, -0.05) is 6.07 Å². The van der Waals surface area contributed by atoms with Gasteiger partial charge in [-0.15, -0.1) is 0 Å². The number of ether oxygens (including phenoxy) is 1. The molecular formula is C20H30N4O3. The number of amides is 2. The van der Waals surface area contributed by atoms with Gasteiger partial charge < -0.3 is 19.4 Å². The highest BCUT2D eigenvalue weighted by atomic mass is 16.6. The highest BCUT2D eigenvalue weighted by molar-refractivity contribution is 5.74. The SMILES string of the molecule is CC(=O)N1CCC[C@@H]1c1ccc(N2CCN(C(=O)OC(C)(C)C)CC2)nc1. The Morgan fingerprint density at radius 3 is 2.37 bits per heavy atom. The van der Waals surface area contributed by atoms with Crippen molar-refractivity contribution >= 4 is 17.8 Å². The summed E-state index contributed by atoms with van der Waals surface area (Å²) in [4.78, 5) is 34.4. The van der Waals surface area contributed by atoms with Crippen LogP contribution in [0.1, 0.15) is 52.1 Å². The lowest BCUT2D eigenvalue weighted by Crippen LogP contribution is -2.50. The van der Waals surface area contributed by atoms with Crippen molar-refractivity contribution in [2.24, 2.45) is 0 Å². The average molecular weight is 374 g/mol. The second kappa shape index (κ2) is 7.74. The first kappa shape index (κ1) is 19.5. The van der Waals surface area contributed by atoms with Crippen LogP contribution in [-0.4, -0.2) is 65.1 Å². The second-order valence-electron chi connectivity index (χ2n) is 8.27. The minimum atomic E-state index is -0.473. The molecule has 1 aromatic heterocycles. The third-order valence-electron chi connectivity index (χ3n) is 5.07. The summed E-state index contributed by atoms with van der Waals surface area (Å²) in [7, 11) is 0. The van der Waals surface area contributed by atoms with Crippen LogP contribution in [0.25, 0.3) is 0 Å². The standard InChI is InChI=1S/C20H30N4O3/c1-15(25)24-9-5-6-17(24)16-7-8-18(21-14-16)22-10-12-23(13-11-22)19(26)27-20(2,3)4/h7-8,14,17H,5-6,9-13H2,1-4H3/t17-/m1/s1. The van der Waals surface area contributed by atoms with Crippen LogP contribution in [0.5, 0.6) is 0 Å². The fourth-order valence-corrected chi connectivity index (χ4v) is 3.72. The van der Waals surface area contributed by atoms with Gasteiger partial charge in [0.15, 0.2) is 0 Å². The molecule has 0 unspecified atom stereocenters. The van der Waals surface area contributed by atoms with Gasteiger partial charge in [-0.25, -0.2) is 9.78 Å². The number of nitrogens with zero attached hydrogens (tertiary/aromatic N) is 4.